The molecule has 4 aromatic rings. The van der Waals surface area contributed by atoms with Gasteiger partial charge in [0.15, 0.2) is 28.7 Å². The van der Waals surface area contributed by atoms with Crippen molar-refractivity contribution in [1.29, 1.82) is 0 Å². The Hall–Kier alpha value is -3.90. The van der Waals surface area contributed by atoms with Crippen molar-refractivity contribution in [3.05, 3.63) is 105 Å². The van der Waals surface area contributed by atoms with Crippen LogP contribution in [0.4, 0.5) is 0 Å². The third-order valence-electron chi connectivity index (χ3n) is 7.37. The lowest BCUT2D eigenvalue weighted by Gasteiger charge is -2.15. The number of aromatic hydroxyl groups is 2. The fraction of sp³-hybridized carbons (Fsp3) is 0.118. The predicted molar refractivity (Wildman–Crippen MR) is 207 cm³/mol. The van der Waals surface area contributed by atoms with E-state index in [1.54, 1.807) is 54.6 Å². The summed E-state index contributed by atoms with van der Waals surface area (Å²) < 4.78 is 14.2. The summed E-state index contributed by atoms with van der Waals surface area (Å²) in [6, 6.07) is 14.9. The molecule has 0 aromatic heterocycles. The Morgan fingerprint density at radius 2 is 1.31 bits per heavy atom. The van der Waals surface area contributed by atoms with E-state index < -0.39 is 11.8 Å². The molecule has 7 rings (SSSR count). The number of fused-ring (bicyclic) bond motifs is 2. The van der Waals surface area contributed by atoms with E-state index in [4.69, 9.17) is 9.47 Å². The number of amides is 2. The maximum Gasteiger partial charge on any atom is 0.273 e. The normalized spacial score (nSPS) is 15.9. The molecule has 0 saturated carbocycles. The van der Waals surface area contributed by atoms with E-state index in [0.717, 1.165) is 0 Å². The van der Waals surface area contributed by atoms with Gasteiger partial charge in [0.05, 0.1) is 22.4 Å². The fourth-order valence-corrected chi connectivity index (χ4v) is 7.62. The number of halogens is 5. The molecule has 12 nitrogen and oxygen atoms in total. The molecule has 0 spiro atoms. The van der Waals surface area contributed by atoms with Crippen molar-refractivity contribution in [3.63, 3.8) is 0 Å². The van der Waals surface area contributed by atoms with E-state index in [2.05, 4.69) is 101 Å². The third-order valence-corrected chi connectivity index (χ3v) is 10.7. The van der Waals surface area contributed by atoms with Gasteiger partial charge < -0.3 is 40.7 Å². The lowest BCUT2D eigenvalue weighted by molar-refractivity contribution is -0.115. The summed E-state index contributed by atoms with van der Waals surface area (Å²) in [5, 5.41) is 52.8. The van der Waals surface area contributed by atoms with E-state index in [1.807, 2.05) is 0 Å². The van der Waals surface area contributed by atoms with E-state index in [0.29, 0.717) is 52.3 Å². The molecule has 3 aliphatic rings. The molecule has 0 unspecified atom stereocenters. The van der Waals surface area contributed by atoms with Crippen molar-refractivity contribution in [3.8, 4) is 34.5 Å². The van der Waals surface area contributed by atoms with E-state index in [1.165, 1.54) is 12.3 Å². The zero-order chi connectivity index (χ0) is 36.8. The van der Waals surface area contributed by atoms with Gasteiger partial charge in [0, 0.05) is 25.6 Å². The Balaban J connectivity index is 1.51. The summed E-state index contributed by atoms with van der Waals surface area (Å²) >= 11 is 17.1. The molecule has 17 heteroatoms. The first-order valence-electron chi connectivity index (χ1n) is 14.7. The monoisotopic (exact) mass is 1010 g/mol. The molecule has 0 fully saturated rings. The zero-order valence-electron chi connectivity index (χ0n) is 25.9. The van der Waals surface area contributed by atoms with Crippen molar-refractivity contribution in [2.75, 3.05) is 6.54 Å². The van der Waals surface area contributed by atoms with Gasteiger partial charge in [0.1, 0.15) is 17.2 Å². The van der Waals surface area contributed by atoms with Crippen molar-refractivity contribution >= 4 is 109 Å². The first-order chi connectivity index (χ1) is 24.4. The number of hydrogen-bond acceptors (Lipinski definition) is 10. The topological polar surface area (TPSA) is 182 Å². The van der Waals surface area contributed by atoms with Crippen LogP contribution in [0.5, 0.6) is 34.5 Å². The number of nitrogens with one attached hydrogen (secondary N) is 2. The van der Waals surface area contributed by atoms with Crippen LogP contribution in [-0.4, -0.2) is 50.4 Å². The molecule has 6 N–H and O–H groups in total. The van der Waals surface area contributed by atoms with Crippen LogP contribution in [0.2, 0.25) is 0 Å². The predicted octanol–water partition coefficient (Wildman–Crippen LogP) is 8.70. The zero-order valence-corrected chi connectivity index (χ0v) is 33.8. The molecule has 0 atom stereocenters. The van der Waals surface area contributed by atoms with Gasteiger partial charge in [-0.3, -0.25) is 9.59 Å². The molecule has 51 heavy (non-hydrogen) atoms. The summed E-state index contributed by atoms with van der Waals surface area (Å²) in [5.41, 5.74) is 1.99. The number of benzene rings is 4. The average Bonchev–Trinajstić information content (AvgIpc) is 3.09. The van der Waals surface area contributed by atoms with Crippen LogP contribution >= 0.6 is 79.6 Å². The molecule has 264 valence electrons. The Kier molecular flexibility index (Phi) is 12.8. The Morgan fingerprint density at radius 3 is 2.00 bits per heavy atom. The molecule has 3 aliphatic heterocycles. The van der Waals surface area contributed by atoms with Crippen LogP contribution in [0, 0.1) is 0 Å². The van der Waals surface area contributed by atoms with Gasteiger partial charge in [-0.25, -0.2) is 0 Å². The van der Waals surface area contributed by atoms with Crippen LogP contribution in [0.15, 0.2) is 93.5 Å². The first-order valence-corrected chi connectivity index (χ1v) is 18.7. The van der Waals surface area contributed by atoms with Gasteiger partial charge in [-0.1, -0.05) is 22.4 Å². The fourth-order valence-electron chi connectivity index (χ4n) is 4.83. The maximum absolute atomic E-state index is 13.0. The summed E-state index contributed by atoms with van der Waals surface area (Å²) in [5.74, 6) is -0.820. The Bertz CT molecular complexity index is 2100. The SMILES string of the molecule is O=C1NC=Cc2ccc(Br)c(c2)Oc2ccc(c(Br)c2O)CCNC(=O)C(=NO)Cc2cc(Br)c(c(Br)c2)Oc2cc(cc(Br)c2O)CC1=NO. The second-order valence-corrected chi connectivity index (χ2v) is 15.1. The summed E-state index contributed by atoms with van der Waals surface area (Å²) in [6.07, 6.45) is 3.13. The minimum Gasteiger partial charge on any atom is -0.503 e. The number of phenolic OH excluding ortho intramolecular Hbond substituents is 2. The lowest BCUT2D eigenvalue weighted by Crippen LogP contribution is -2.33. The number of carbonyl (C=O) groups is 2. The summed E-state index contributed by atoms with van der Waals surface area (Å²) in [6.45, 7) is 0.163. The van der Waals surface area contributed by atoms with Crippen LogP contribution in [-0.2, 0) is 28.9 Å². The van der Waals surface area contributed by atoms with Crippen LogP contribution in [0.3, 0.4) is 0 Å². The van der Waals surface area contributed by atoms with E-state index in [9.17, 15) is 30.2 Å². The van der Waals surface area contributed by atoms with E-state index in [-0.39, 0.29) is 64.0 Å². The van der Waals surface area contributed by atoms with Gasteiger partial charge >= 0.3 is 0 Å². The number of ether oxygens (including phenoxy) is 2. The van der Waals surface area contributed by atoms with Crippen molar-refractivity contribution < 1.29 is 39.7 Å². The highest BCUT2D eigenvalue weighted by Gasteiger charge is 2.21. The quantitative estimate of drug-likeness (QED) is 0.0747. The molecule has 0 aliphatic carbocycles. The molecule has 8 bridgehead atoms. The van der Waals surface area contributed by atoms with Crippen LogP contribution in [0.1, 0.15) is 22.3 Å². The lowest BCUT2D eigenvalue weighted by atomic mass is 10.1. The molecular formula is C34H25Br5N4O8. The number of carbonyl (C=O) groups excluding carboxylic acids is 2. The van der Waals surface area contributed by atoms with Gasteiger partial charge in [-0.05, 0) is 157 Å². The number of oxime groups is 2. The maximum atomic E-state index is 13.0. The molecule has 4 aromatic carbocycles. The number of rotatable bonds is 0. The van der Waals surface area contributed by atoms with Gasteiger partial charge in [0.25, 0.3) is 11.8 Å². The molecule has 3 heterocycles. The summed E-state index contributed by atoms with van der Waals surface area (Å²) in [7, 11) is 0. The highest BCUT2D eigenvalue weighted by Crippen LogP contribution is 2.44. The van der Waals surface area contributed by atoms with Gasteiger partial charge in [-0.15, -0.1) is 0 Å². The smallest absolute Gasteiger partial charge is 0.273 e. The molecular weight excluding hydrogens is 992 g/mol. The van der Waals surface area contributed by atoms with Crippen LogP contribution < -0.4 is 20.1 Å². The highest BCUT2D eigenvalue weighted by atomic mass is 79.9. The second kappa shape index (κ2) is 17.1. The highest BCUT2D eigenvalue weighted by molar-refractivity contribution is 9.11. The number of hydrogen-bond donors (Lipinski definition) is 6. The van der Waals surface area contributed by atoms with Gasteiger partial charge in [-0.2, -0.15) is 0 Å². The first kappa shape index (κ1) is 38.3. The second-order valence-electron chi connectivity index (χ2n) is 10.9. The number of phenols is 2. The minimum atomic E-state index is -0.683. The molecule has 2 amide bonds. The molecule has 0 saturated heterocycles. The van der Waals surface area contributed by atoms with Crippen LogP contribution in [0.25, 0.3) is 6.08 Å². The molecule has 0 radical (unpaired) electrons. The largest absolute Gasteiger partial charge is 0.503 e. The van der Waals surface area contributed by atoms with Crippen molar-refractivity contribution in [2.24, 2.45) is 10.3 Å². The third kappa shape index (κ3) is 9.32. The van der Waals surface area contributed by atoms with E-state index >= 15 is 0 Å². The minimum absolute atomic E-state index is 0.0268. The van der Waals surface area contributed by atoms with Crippen molar-refractivity contribution in [2.45, 2.75) is 19.3 Å². The van der Waals surface area contributed by atoms with Gasteiger partial charge in [0.2, 0.25) is 0 Å². The Labute approximate surface area is 332 Å². The summed E-state index contributed by atoms with van der Waals surface area (Å²) in [4.78, 5) is 25.9. The van der Waals surface area contributed by atoms with Crippen molar-refractivity contribution in [1.82, 2.24) is 10.6 Å². The Morgan fingerprint density at radius 1 is 0.667 bits per heavy atom. The average molecular weight is 1020 g/mol. The standard InChI is InChI=1S/C34H25Br5N4O8/c35-20-3-1-16-5-7-40-33(46)25(43-49)13-18-9-21(36)30(44)28(15-18)51-32-22(37)10-17(11-23(32)38)12-24(42-48)34(47)41-8-6-19-2-4-26(31(45)29(19)39)50-27(20)14-16/h1-5,7,9-11,14-15,44-45,48-49H,6,8,12-13H2,(H,40,46)(H,41,47). The number of nitrogens with zero attached hydrogens (tertiary/aromatic N) is 2.